The number of hydrogen-bond donors (Lipinski definition) is 1. The van der Waals surface area contributed by atoms with E-state index in [2.05, 4.69) is 39.8 Å². The van der Waals surface area contributed by atoms with Crippen LogP contribution < -0.4 is 0 Å². The third-order valence-electron chi connectivity index (χ3n) is 3.62. The van der Waals surface area contributed by atoms with Crippen LogP contribution in [0.3, 0.4) is 0 Å². The average molecular weight is 191 g/mol. The van der Waals surface area contributed by atoms with Crippen LogP contribution in [0.15, 0.2) is 23.3 Å². The maximum atomic E-state index is 7.39. The lowest BCUT2D eigenvalue weighted by Crippen LogP contribution is -2.20. The lowest BCUT2D eigenvalue weighted by atomic mass is 9.77. The zero-order valence-electron chi connectivity index (χ0n) is 9.67. The predicted molar refractivity (Wildman–Crippen MR) is 62.7 cm³/mol. The largest absolute Gasteiger partial charge is 0.308 e. The van der Waals surface area contributed by atoms with Crippen LogP contribution in [0, 0.1) is 23.2 Å². The highest BCUT2D eigenvalue weighted by atomic mass is 14.4. The second-order valence-corrected chi connectivity index (χ2v) is 4.44. The Bertz CT molecular complexity index is 273. The Morgan fingerprint density at radius 1 is 1.43 bits per heavy atom. The first-order valence-electron chi connectivity index (χ1n) is 5.50. The van der Waals surface area contributed by atoms with E-state index in [0.29, 0.717) is 11.8 Å². The van der Waals surface area contributed by atoms with Gasteiger partial charge in [-0.1, -0.05) is 44.9 Å². The molecule has 0 bridgehead atoms. The van der Waals surface area contributed by atoms with Gasteiger partial charge in [0, 0.05) is 12.1 Å². The normalized spacial score (nSPS) is 25.3. The minimum Gasteiger partial charge on any atom is -0.308 e. The Kier molecular flexibility index (Phi) is 3.68. The maximum Gasteiger partial charge on any atom is 0.0216 e. The van der Waals surface area contributed by atoms with Gasteiger partial charge in [0.25, 0.3) is 0 Å². The molecule has 14 heavy (non-hydrogen) atoms. The molecule has 0 saturated heterocycles. The first kappa shape index (κ1) is 11.2. The fraction of sp³-hybridized carbons (Fsp3) is 0.615. The van der Waals surface area contributed by atoms with Gasteiger partial charge in [0.05, 0.1) is 0 Å². The summed E-state index contributed by atoms with van der Waals surface area (Å²) in [6, 6.07) is 0. The molecule has 0 aromatic carbocycles. The number of allylic oxidation sites excluding steroid dienone is 4. The van der Waals surface area contributed by atoms with Gasteiger partial charge in [0.15, 0.2) is 0 Å². The molecule has 0 spiro atoms. The molecule has 0 unspecified atom stereocenters. The minimum atomic E-state index is 0.488. The zero-order chi connectivity index (χ0) is 10.7. The van der Waals surface area contributed by atoms with Crippen molar-refractivity contribution in [1.29, 1.82) is 5.41 Å². The standard InChI is InChI=1S/C13H21N/c1-5-9(2)11(4)13-10(3)6-7-12(13)8-14/h6-9,11,13-14H,5H2,1-4H3/t9-,11+,13-/m0/s1. The van der Waals surface area contributed by atoms with Crippen molar-refractivity contribution in [1.82, 2.24) is 0 Å². The highest BCUT2D eigenvalue weighted by Crippen LogP contribution is 2.36. The molecule has 1 nitrogen and oxygen atoms in total. The molecule has 1 heteroatoms. The fourth-order valence-electron chi connectivity index (χ4n) is 2.25. The van der Waals surface area contributed by atoms with Crippen molar-refractivity contribution in [3.8, 4) is 0 Å². The molecule has 0 amide bonds. The molecule has 1 aliphatic carbocycles. The summed E-state index contributed by atoms with van der Waals surface area (Å²) in [5, 5.41) is 7.39. The van der Waals surface area contributed by atoms with E-state index in [1.54, 1.807) is 0 Å². The van der Waals surface area contributed by atoms with Gasteiger partial charge in [-0.05, 0) is 24.3 Å². The molecular formula is C13H21N. The van der Waals surface area contributed by atoms with E-state index in [0.717, 1.165) is 5.92 Å². The van der Waals surface area contributed by atoms with Gasteiger partial charge in [0.2, 0.25) is 0 Å². The highest BCUT2D eigenvalue weighted by Gasteiger charge is 2.27. The second kappa shape index (κ2) is 4.59. The van der Waals surface area contributed by atoms with Crippen molar-refractivity contribution in [2.24, 2.45) is 17.8 Å². The smallest absolute Gasteiger partial charge is 0.0216 e. The molecule has 1 N–H and O–H groups in total. The summed E-state index contributed by atoms with van der Waals surface area (Å²) in [5.74, 6) is 1.86. The molecular weight excluding hydrogens is 170 g/mol. The van der Waals surface area contributed by atoms with Crippen molar-refractivity contribution in [2.75, 3.05) is 0 Å². The van der Waals surface area contributed by atoms with Crippen LogP contribution in [-0.4, -0.2) is 6.21 Å². The SMILES string of the molecule is CC[C@H](C)[C@@H](C)[C@@H]1C(C)=CC=C1C=N. The van der Waals surface area contributed by atoms with Crippen LogP contribution in [0.2, 0.25) is 0 Å². The van der Waals surface area contributed by atoms with Crippen molar-refractivity contribution >= 4 is 6.21 Å². The molecule has 3 atom stereocenters. The molecule has 1 aliphatic rings. The lowest BCUT2D eigenvalue weighted by molar-refractivity contribution is 0.321. The molecule has 0 fully saturated rings. The van der Waals surface area contributed by atoms with Gasteiger partial charge in [-0.3, -0.25) is 0 Å². The summed E-state index contributed by atoms with van der Waals surface area (Å²) >= 11 is 0. The van der Waals surface area contributed by atoms with Crippen LogP contribution in [0.1, 0.15) is 34.1 Å². The fourth-order valence-corrected chi connectivity index (χ4v) is 2.25. The summed E-state index contributed by atoms with van der Waals surface area (Å²) in [7, 11) is 0. The van der Waals surface area contributed by atoms with E-state index < -0.39 is 0 Å². The van der Waals surface area contributed by atoms with Crippen LogP contribution in [0.5, 0.6) is 0 Å². The summed E-state index contributed by atoms with van der Waals surface area (Å²) in [6.45, 7) is 9.02. The topological polar surface area (TPSA) is 23.9 Å². The summed E-state index contributed by atoms with van der Waals surface area (Å²) in [4.78, 5) is 0. The van der Waals surface area contributed by atoms with E-state index in [9.17, 15) is 0 Å². The van der Waals surface area contributed by atoms with Gasteiger partial charge < -0.3 is 5.41 Å². The third kappa shape index (κ3) is 1.97. The second-order valence-electron chi connectivity index (χ2n) is 4.44. The Balaban J connectivity index is 2.80. The Morgan fingerprint density at radius 2 is 2.07 bits per heavy atom. The molecule has 0 heterocycles. The molecule has 0 saturated carbocycles. The summed E-state index contributed by atoms with van der Waals surface area (Å²) < 4.78 is 0. The van der Waals surface area contributed by atoms with Crippen LogP contribution in [-0.2, 0) is 0 Å². The minimum absolute atomic E-state index is 0.488. The monoisotopic (exact) mass is 191 g/mol. The Labute approximate surface area is 87.4 Å². The van der Waals surface area contributed by atoms with Gasteiger partial charge >= 0.3 is 0 Å². The Hall–Kier alpha value is -0.850. The van der Waals surface area contributed by atoms with Gasteiger partial charge in [0.1, 0.15) is 0 Å². The molecule has 78 valence electrons. The van der Waals surface area contributed by atoms with Crippen LogP contribution >= 0.6 is 0 Å². The number of rotatable bonds is 4. The van der Waals surface area contributed by atoms with Gasteiger partial charge in [-0.25, -0.2) is 0 Å². The summed E-state index contributed by atoms with van der Waals surface area (Å²) in [6.07, 6.45) is 6.97. The summed E-state index contributed by atoms with van der Waals surface area (Å²) in [5.41, 5.74) is 2.59. The van der Waals surface area contributed by atoms with E-state index in [1.807, 2.05) is 0 Å². The van der Waals surface area contributed by atoms with E-state index in [1.165, 1.54) is 23.8 Å². The quantitative estimate of drug-likeness (QED) is 0.653. The lowest BCUT2D eigenvalue weighted by Gasteiger charge is -2.27. The average Bonchev–Trinajstić information content (AvgIpc) is 2.57. The van der Waals surface area contributed by atoms with Gasteiger partial charge in [-0.15, -0.1) is 0 Å². The maximum absolute atomic E-state index is 7.39. The van der Waals surface area contributed by atoms with E-state index in [-0.39, 0.29) is 0 Å². The molecule has 0 aliphatic heterocycles. The van der Waals surface area contributed by atoms with Crippen molar-refractivity contribution in [3.63, 3.8) is 0 Å². The van der Waals surface area contributed by atoms with Gasteiger partial charge in [-0.2, -0.15) is 0 Å². The van der Waals surface area contributed by atoms with E-state index >= 15 is 0 Å². The van der Waals surface area contributed by atoms with Crippen molar-refractivity contribution in [3.05, 3.63) is 23.3 Å². The first-order chi connectivity index (χ1) is 6.61. The molecule has 1 rings (SSSR count). The zero-order valence-corrected chi connectivity index (χ0v) is 9.67. The third-order valence-corrected chi connectivity index (χ3v) is 3.62. The van der Waals surface area contributed by atoms with Crippen LogP contribution in [0.4, 0.5) is 0 Å². The molecule has 0 aromatic rings. The predicted octanol–water partition coefficient (Wildman–Crippen LogP) is 3.82. The number of nitrogens with one attached hydrogen (secondary N) is 1. The highest BCUT2D eigenvalue weighted by molar-refractivity contribution is 5.79. The number of hydrogen-bond acceptors (Lipinski definition) is 1. The Morgan fingerprint density at radius 3 is 2.57 bits per heavy atom. The van der Waals surface area contributed by atoms with Crippen molar-refractivity contribution in [2.45, 2.75) is 34.1 Å². The molecule has 0 aromatic heterocycles. The van der Waals surface area contributed by atoms with Crippen LogP contribution in [0.25, 0.3) is 0 Å². The first-order valence-corrected chi connectivity index (χ1v) is 5.50. The van der Waals surface area contributed by atoms with E-state index in [4.69, 9.17) is 5.41 Å². The molecule has 0 radical (unpaired) electrons. The van der Waals surface area contributed by atoms with Crippen molar-refractivity contribution < 1.29 is 0 Å².